The number of fused-ring (bicyclic) bond motifs is 1. The maximum absolute atomic E-state index is 5.94. The Morgan fingerprint density at radius 2 is 1.86 bits per heavy atom. The first-order chi connectivity index (χ1) is 10.1. The minimum atomic E-state index is 0.462. The van der Waals surface area contributed by atoms with Gasteiger partial charge in [0.2, 0.25) is 5.89 Å². The molecule has 0 amide bonds. The number of aromatic nitrogens is 1. The molecular formula is C16H17N3O2. The zero-order valence-corrected chi connectivity index (χ0v) is 12.0. The Labute approximate surface area is 122 Å². The molecule has 0 aliphatic carbocycles. The molecule has 0 fully saturated rings. The van der Waals surface area contributed by atoms with Crippen molar-refractivity contribution in [3.8, 4) is 17.2 Å². The number of ether oxygens (including phenoxy) is 1. The predicted octanol–water partition coefficient (Wildman–Crippen LogP) is 3.23. The largest absolute Gasteiger partial charge is 0.492 e. The molecule has 4 N–H and O–H groups in total. The average Bonchev–Trinajstić information content (AvgIpc) is 2.89. The number of rotatable bonds is 3. The molecule has 0 saturated carbocycles. The molecule has 5 heteroatoms. The van der Waals surface area contributed by atoms with Gasteiger partial charge in [-0.3, -0.25) is 0 Å². The highest BCUT2D eigenvalue weighted by Gasteiger charge is 2.13. The van der Waals surface area contributed by atoms with Crippen molar-refractivity contribution in [2.75, 3.05) is 18.6 Å². The monoisotopic (exact) mass is 283 g/mol. The van der Waals surface area contributed by atoms with Gasteiger partial charge in [-0.25, -0.2) is 4.98 Å². The molecule has 2 aromatic carbocycles. The third-order valence-corrected chi connectivity index (χ3v) is 3.46. The van der Waals surface area contributed by atoms with Gasteiger partial charge in [-0.15, -0.1) is 0 Å². The molecule has 3 rings (SSSR count). The molecule has 3 aromatic rings. The van der Waals surface area contributed by atoms with Crippen LogP contribution in [0.2, 0.25) is 0 Å². The normalized spacial score (nSPS) is 11.0. The van der Waals surface area contributed by atoms with Gasteiger partial charge in [-0.1, -0.05) is 13.0 Å². The summed E-state index contributed by atoms with van der Waals surface area (Å²) >= 11 is 0. The van der Waals surface area contributed by atoms with E-state index in [2.05, 4.69) is 11.9 Å². The molecule has 5 nitrogen and oxygen atoms in total. The van der Waals surface area contributed by atoms with Gasteiger partial charge in [-0.05, 0) is 36.2 Å². The van der Waals surface area contributed by atoms with Gasteiger partial charge in [-0.2, -0.15) is 0 Å². The van der Waals surface area contributed by atoms with Crippen molar-refractivity contribution in [1.82, 2.24) is 4.98 Å². The smallest absolute Gasteiger partial charge is 0.227 e. The van der Waals surface area contributed by atoms with E-state index in [9.17, 15) is 0 Å². The number of oxazole rings is 1. The molecule has 0 saturated heterocycles. The van der Waals surface area contributed by atoms with E-state index >= 15 is 0 Å². The Bertz CT molecular complexity index is 785. The Morgan fingerprint density at radius 1 is 1.14 bits per heavy atom. The van der Waals surface area contributed by atoms with E-state index in [1.807, 2.05) is 18.2 Å². The fourth-order valence-electron chi connectivity index (χ4n) is 2.35. The first-order valence-corrected chi connectivity index (χ1v) is 6.75. The van der Waals surface area contributed by atoms with Crippen molar-refractivity contribution in [2.24, 2.45) is 0 Å². The number of benzene rings is 2. The van der Waals surface area contributed by atoms with Crippen LogP contribution in [-0.2, 0) is 6.42 Å². The number of anilines is 2. The summed E-state index contributed by atoms with van der Waals surface area (Å²) in [5.41, 5.74) is 16.3. The number of nitrogen functional groups attached to an aromatic ring is 2. The maximum atomic E-state index is 5.94. The maximum Gasteiger partial charge on any atom is 0.227 e. The lowest BCUT2D eigenvalue weighted by Gasteiger charge is -2.08. The molecule has 0 spiro atoms. The summed E-state index contributed by atoms with van der Waals surface area (Å²) in [5.74, 6) is 0.974. The summed E-state index contributed by atoms with van der Waals surface area (Å²) in [6.07, 6.45) is 0.959. The Kier molecular flexibility index (Phi) is 3.17. The highest BCUT2D eigenvalue weighted by Crippen LogP contribution is 2.35. The van der Waals surface area contributed by atoms with Crippen LogP contribution in [0.1, 0.15) is 12.5 Å². The Balaban J connectivity index is 2.12. The van der Waals surface area contributed by atoms with Crippen LogP contribution in [0.3, 0.4) is 0 Å². The molecule has 0 unspecified atom stereocenters. The summed E-state index contributed by atoms with van der Waals surface area (Å²) in [7, 11) is 1.54. The topological polar surface area (TPSA) is 87.3 Å². The number of aryl methyl sites for hydroxylation is 1. The second-order valence-electron chi connectivity index (χ2n) is 4.86. The minimum Gasteiger partial charge on any atom is -0.492 e. The van der Waals surface area contributed by atoms with Crippen LogP contribution in [0.5, 0.6) is 5.75 Å². The lowest BCUT2D eigenvalue weighted by Crippen LogP contribution is -1.98. The molecule has 0 aliphatic heterocycles. The zero-order chi connectivity index (χ0) is 15.0. The summed E-state index contributed by atoms with van der Waals surface area (Å²) in [6, 6.07) is 9.49. The van der Waals surface area contributed by atoms with E-state index in [0.717, 1.165) is 23.1 Å². The fraction of sp³-hybridized carbons (Fsp3) is 0.188. The van der Waals surface area contributed by atoms with Gasteiger partial charge in [0, 0.05) is 5.56 Å². The van der Waals surface area contributed by atoms with Crippen LogP contribution in [0.25, 0.3) is 22.6 Å². The van der Waals surface area contributed by atoms with E-state index in [1.54, 1.807) is 12.1 Å². The van der Waals surface area contributed by atoms with Crippen LogP contribution >= 0.6 is 0 Å². The average molecular weight is 283 g/mol. The first kappa shape index (κ1) is 13.3. The van der Waals surface area contributed by atoms with Crippen molar-refractivity contribution >= 4 is 22.5 Å². The molecular weight excluding hydrogens is 266 g/mol. The fourth-order valence-corrected chi connectivity index (χ4v) is 2.35. The molecule has 0 aliphatic rings. The van der Waals surface area contributed by atoms with Crippen LogP contribution in [-0.4, -0.2) is 12.1 Å². The van der Waals surface area contributed by atoms with Gasteiger partial charge in [0.15, 0.2) is 11.3 Å². The summed E-state index contributed by atoms with van der Waals surface area (Å²) < 4.78 is 10.9. The van der Waals surface area contributed by atoms with Gasteiger partial charge < -0.3 is 20.6 Å². The van der Waals surface area contributed by atoms with E-state index in [-0.39, 0.29) is 0 Å². The third-order valence-electron chi connectivity index (χ3n) is 3.46. The van der Waals surface area contributed by atoms with Crippen LogP contribution < -0.4 is 16.2 Å². The van der Waals surface area contributed by atoms with Crippen molar-refractivity contribution < 1.29 is 9.15 Å². The summed E-state index contributed by atoms with van der Waals surface area (Å²) in [5, 5.41) is 0. The van der Waals surface area contributed by atoms with Gasteiger partial charge in [0.25, 0.3) is 0 Å². The number of hydrogen-bond donors (Lipinski definition) is 2. The zero-order valence-electron chi connectivity index (χ0n) is 12.0. The van der Waals surface area contributed by atoms with Crippen LogP contribution in [0.4, 0.5) is 11.4 Å². The number of hydrogen-bond acceptors (Lipinski definition) is 5. The highest BCUT2D eigenvalue weighted by atomic mass is 16.5. The van der Waals surface area contributed by atoms with Gasteiger partial charge >= 0.3 is 0 Å². The second kappa shape index (κ2) is 5.01. The number of nitrogens with zero attached hydrogens (tertiary/aromatic N) is 1. The lowest BCUT2D eigenvalue weighted by molar-refractivity contribution is 0.419. The third kappa shape index (κ3) is 2.27. The van der Waals surface area contributed by atoms with Gasteiger partial charge in [0.1, 0.15) is 5.52 Å². The molecule has 0 atom stereocenters. The molecule has 108 valence electrons. The van der Waals surface area contributed by atoms with Crippen LogP contribution in [0, 0.1) is 0 Å². The van der Waals surface area contributed by atoms with Crippen molar-refractivity contribution in [3.05, 3.63) is 35.9 Å². The van der Waals surface area contributed by atoms with Gasteiger partial charge in [0.05, 0.1) is 18.5 Å². The molecule has 21 heavy (non-hydrogen) atoms. The van der Waals surface area contributed by atoms with E-state index in [1.165, 1.54) is 12.7 Å². The lowest BCUT2D eigenvalue weighted by atomic mass is 10.1. The molecule has 0 bridgehead atoms. The van der Waals surface area contributed by atoms with E-state index in [4.69, 9.17) is 20.6 Å². The molecule has 1 aromatic heterocycles. The SMILES string of the molecule is CCc1ccc2oc(-c3cc(N)c(OC)c(N)c3)nc2c1. The molecule has 0 radical (unpaired) electrons. The van der Waals surface area contributed by atoms with Crippen LogP contribution in [0.15, 0.2) is 34.7 Å². The van der Waals surface area contributed by atoms with Crippen molar-refractivity contribution in [1.29, 1.82) is 0 Å². The standard InChI is InChI=1S/C16H17N3O2/c1-3-9-4-5-14-13(6-9)19-16(21-14)10-7-11(17)15(20-2)12(18)8-10/h4-8H,3,17-18H2,1-2H3. The van der Waals surface area contributed by atoms with E-state index < -0.39 is 0 Å². The quantitative estimate of drug-likeness (QED) is 0.720. The van der Waals surface area contributed by atoms with E-state index in [0.29, 0.717) is 23.0 Å². The first-order valence-electron chi connectivity index (χ1n) is 6.75. The summed E-state index contributed by atoms with van der Waals surface area (Å²) in [4.78, 5) is 4.51. The Hall–Kier alpha value is -2.69. The molecule has 1 heterocycles. The Morgan fingerprint density at radius 3 is 2.48 bits per heavy atom. The predicted molar refractivity (Wildman–Crippen MR) is 84.2 cm³/mol. The summed E-state index contributed by atoms with van der Waals surface area (Å²) in [6.45, 7) is 2.10. The second-order valence-corrected chi connectivity index (χ2v) is 4.86. The van der Waals surface area contributed by atoms with Crippen molar-refractivity contribution in [2.45, 2.75) is 13.3 Å². The highest BCUT2D eigenvalue weighted by molar-refractivity contribution is 5.80. The minimum absolute atomic E-state index is 0.462. The van der Waals surface area contributed by atoms with Crippen molar-refractivity contribution in [3.63, 3.8) is 0 Å². The number of methoxy groups -OCH3 is 1. The number of nitrogens with two attached hydrogens (primary N) is 2.